The normalized spacial score (nSPS) is 10.7. The summed E-state index contributed by atoms with van der Waals surface area (Å²) in [5.41, 5.74) is 3.32. The molecule has 2 aromatic rings. The highest BCUT2D eigenvalue weighted by Crippen LogP contribution is 2.26. The molecular formula is C18H19ClN2O3S. The maximum Gasteiger partial charge on any atom is 0.240 e. The largest absolute Gasteiger partial charge is 0.493 e. The highest BCUT2D eigenvalue weighted by Gasteiger charge is 2.04. The molecule has 0 heterocycles. The van der Waals surface area contributed by atoms with Crippen molar-refractivity contribution in [1.29, 1.82) is 0 Å². The van der Waals surface area contributed by atoms with Gasteiger partial charge in [0.05, 0.1) is 20.4 Å². The summed E-state index contributed by atoms with van der Waals surface area (Å²) in [6.45, 7) is 0. The first-order valence-electron chi connectivity index (χ1n) is 7.54. The Bertz CT molecular complexity index is 736. The average Bonchev–Trinajstić information content (AvgIpc) is 2.63. The van der Waals surface area contributed by atoms with Gasteiger partial charge in [-0.2, -0.15) is 5.10 Å². The zero-order valence-electron chi connectivity index (χ0n) is 14.0. The minimum atomic E-state index is -0.141. The molecule has 0 aliphatic rings. The lowest BCUT2D eigenvalue weighted by Gasteiger charge is -2.07. The van der Waals surface area contributed by atoms with Gasteiger partial charge < -0.3 is 9.47 Å². The number of carbonyl (C=O) groups excluding carboxylic acids is 1. The van der Waals surface area contributed by atoms with E-state index in [9.17, 15) is 4.79 Å². The van der Waals surface area contributed by atoms with Gasteiger partial charge in [-0.3, -0.25) is 4.79 Å². The Balaban J connectivity index is 1.77. The van der Waals surface area contributed by atoms with Crippen LogP contribution < -0.4 is 14.9 Å². The lowest BCUT2D eigenvalue weighted by atomic mass is 10.2. The first kappa shape index (κ1) is 19.1. The minimum Gasteiger partial charge on any atom is -0.493 e. The van der Waals surface area contributed by atoms with Crippen molar-refractivity contribution in [3.8, 4) is 11.5 Å². The Morgan fingerprint density at radius 2 is 1.88 bits per heavy atom. The molecular weight excluding hydrogens is 360 g/mol. The number of nitrogens with one attached hydrogen (secondary N) is 1. The maximum absolute atomic E-state index is 11.8. The molecule has 1 N–H and O–H groups in total. The number of ether oxygens (including phenoxy) is 2. The van der Waals surface area contributed by atoms with Crippen molar-refractivity contribution < 1.29 is 14.3 Å². The van der Waals surface area contributed by atoms with Crippen LogP contribution in [-0.4, -0.2) is 32.1 Å². The molecule has 0 saturated heterocycles. The van der Waals surface area contributed by atoms with Crippen molar-refractivity contribution in [2.45, 2.75) is 11.3 Å². The Morgan fingerprint density at radius 1 is 1.16 bits per heavy atom. The van der Waals surface area contributed by atoms with Crippen LogP contribution in [0.25, 0.3) is 0 Å². The number of benzene rings is 2. The molecule has 0 saturated carbocycles. The molecule has 2 aromatic carbocycles. The summed E-state index contributed by atoms with van der Waals surface area (Å²) in [5, 5.41) is 4.66. The fraction of sp³-hybridized carbons (Fsp3) is 0.222. The second kappa shape index (κ2) is 9.96. The SMILES string of the molecule is COc1ccc(C=NNC(=O)CCSc2ccc(Cl)cc2)cc1OC. The van der Waals surface area contributed by atoms with Crippen molar-refractivity contribution in [1.82, 2.24) is 5.43 Å². The maximum atomic E-state index is 11.8. The standard InChI is InChI=1S/C18H19ClN2O3S/c1-23-16-8-3-13(11-17(16)24-2)12-20-21-18(22)9-10-25-15-6-4-14(19)5-7-15/h3-8,11-12H,9-10H2,1-2H3,(H,21,22). The quantitative estimate of drug-likeness (QED) is 0.428. The van der Waals surface area contributed by atoms with E-state index < -0.39 is 0 Å². The third-order valence-corrected chi connectivity index (χ3v) is 4.49. The number of rotatable bonds is 8. The van der Waals surface area contributed by atoms with Crippen LogP contribution in [0.2, 0.25) is 5.02 Å². The van der Waals surface area contributed by atoms with Crippen molar-refractivity contribution in [2.75, 3.05) is 20.0 Å². The molecule has 7 heteroatoms. The molecule has 0 unspecified atom stereocenters. The molecule has 0 atom stereocenters. The fourth-order valence-electron chi connectivity index (χ4n) is 1.96. The van der Waals surface area contributed by atoms with E-state index in [0.29, 0.717) is 28.7 Å². The fourth-order valence-corrected chi connectivity index (χ4v) is 2.94. The molecule has 0 radical (unpaired) electrons. The Kier molecular flexibility index (Phi) is 7.63. The topological polar surface area (TPSA) is 59.9 Å². The van der Waals surface area contributed by atoms with Crippen molar-refractivity contribution in [3.05, 3.63) is 53.1 Å². The Morgan fingerprint density at radius 3 is 2.56 bits per heavy atom. The van der Waals surface area contributed by atoms with Crippen molar-refractivity contribution >= 4 is 35.5 Å². The number of hydrogen-bond acceptors (Lipinski definition) is 5. The molecule has 0 aromatic heterocycles. The number of methoxy groups -OCH3 is 2. The molecule has 0 aliphatic carbocycles. The molecule has 25 heavy (non-hydrogen) atoms. The first-order valence-corrected chi connectivity index (χ1v) is 8.91. The molecule has 132 valence electrons. The van der Waals surface area contributed by atoms with Gasteiger partial charge in [-0.1, -0.05) is 11.6 Å². The van der Waals surface area contributed by atoms with Gasteiger partial charge in [-0.25, -0.2) is 5.43 Å². The number of carbonyl (C=O) groups is 1. The number of amides is 1. The first-order chi connectivity index (χ1) is 12.1. The Hall–Kier alpha value is -2.18. The van der Waals surface area contributed by atoms with Crippen LogP contribution in [0.15, 0.2) is 52.5 Å². The van der Waals surface area contributed by atoms with Crippen molar-refractivity contribution in [3.63, 3.8) is 0 Å². The van der Waals surface area contributed by atoms with Gasteiger partial charge >= 0.3 is 0 Å². The van der Waals surface area contributed by atoms with E-state index in [2.05, 4.69) is 10.5 Å². The highest BCUT2D eigenvalue weighted by atomic mass is 35.5. The number of hydrogen-bond donors (Lipinski definition) is 1. The van der Waals surface area contributed by atoms with Crippen LogP contribution in [0, 0.1) is 0 Å². The van der Waals surface area contributed by atoms with Crippen LogP contribution in [0.5, 0.6) is 11.5 Å². The third-order valence-electron chi connectivity index (χ3n) is 3.22. The van der Waals surface area contributed by atoms with Crippen LogP contribution in [-0.2, 0) is 4.79 Å². The van der Waals surface area contributed by atoms with E-state index in [0.717, 1.165) is 10.5 Å². The predicted octanol–water partition coefficient (Wildman–Crippen LogP) is 3.99. The van der Waals surface area contributed by atoms with Gasteiger partial charge in [0.15, 0.2) is 11.5 Å². The van der Waals surface area contributed by atoms with E-state index >= 15 is 0 Å². The van der Waals surface area contributed by atoms with Crippen LogP contribution >= 0.6 is 23.4 Å². The number of hydrazone groups is 1. The summed E-state index contributed by atoms with van der Waals surface area (Å²) < 4.78 is 10.4. The average molecular weight is 379 g/mol. The lowest BCUT2D eigenvalue weighted by Crippen LogP contribution is -2.17. The monoisotopic (exact) mass is 378 g/mol. The number of nitrogens with zero attached hydrogens (tertiary/aromatic N) is 1. The van der Waals surface area contributed by atoms with Gasteiger partial charge in [-0.15, -0.1) is 11.8 Å². The minimum absolute atomic E-state index is 0.141. The van der Waals surface area contributed by atoms with Gasteiger partial charge in [-0.05, 0) is 48.0 Å². The van der Waals surface area contributed by atoms with E-state index in [-0.39, 0.29) is 5.91 Å². The molecule has 5 nitrogen and oxygen atoms in total. The van der Waals surface area contributed by atoms with Gasteiger partial charge in [0, 0.05) is 22.1 Å². The van der Waals surface area contributed by atoms with Gasteiger partial charge in [0.1, 0.15) is 0 Å². The molecule has 0 bridgehead atoms. The Labute approximate surface area is 156 Å². The summed E-state index contributed by atoms with van der Waals surface area (Å²) >= 11 is 7.43. The zero-order valence-corrected chi connectivity index (χ0v) is 15.6. The number of halogens is 1. The van der Waals surface area contributed by atoms with Crippen molar-refractivity contribution in [2.24, 2.45) is 5.10 Å². The van der Waals surface area contributed by atoms with Crippen LogP contribution in [0.1, 0.15) is 12.0 Å². The van der Waals surface area contributed by atoms with E-state index in [4.69, 9.17) is 21.1 Å². The highest BCUT2D eigenvalue weighted by molar-refractivity contribution is 7.99. The molecule has 0 spiro atoms. The summed E-state index contributed by atoms with van der Waals surface area (Å²) in [7, 11) is 3.15. The molecule has 0 fully saturated rings. The van der Waals surface area contributed by atoms with E-state index in [1.165, 1.54) is 0 Å². The lowest BCUT2D eigenvalue weighted by molar-refractivity contribution is -0.120. The second-order valence-electron chi connectivity index (χ2n) is 4.96. The summed E-state index contributed by atoms with van der Waals surface area (Å²) in [4.78, 5) is 12.9. The zero-order chi connectivity index (χ0) is 18.1. The predicted molar refractivity (Wildman–Crippen MR) is 102 cm³/mol. The van der Waals surface area contributed by atoms with Gasteiger partial charge in [0.2, 0.25) is 5.91 Å². The summed E-state index contributed by atoms with van der Waals surface area (Å²) in [6, 6.07) is 12.9. The van der Waals surface area contributed by atoms with E-state index in [1.807, 2.05) is 30.3 Å². The summed E-state index contributed by atoms with van der Waals surface area (Å²) in [6.07, 6.45) is 1.93. The van der Waals surface area contributed by atoms with E-state index in [1.54, 1.807) is 44.3 Å². The molecule has 2 rings (SSSR count). The van der Waals surface area contributed by atoms with Gasteiger partial charge in [0.25, 0.3) is 0 Å². The smallest absolute Gasteiger partial charge is 0.240 e. The molecule has 1 amide bonds. The second-order valence-corrected chi connectivity index (χ2v) is 6.56. The molecule has 0 aliphatic heterocycles. The van der Waals surface area contributed by atoms with Crippen LogP contribution in [0.4, 0.5) is 0 Å². The summed E-state index contributed by atoms with van der Waals surface area (Å²) in [5.74, 6) is 1.78. The van der Waals surface area contributed by atoms with Crippen LogP contribution in [0.3, 0.4) is 0 Å². The third kappa shape index (κ3) is 6.32. The number of thioether (sulfide) groups is 1.